The highest BCUT2D eigenvalue weighted by molar-refractivity contribution is 5.97. The number of ether oxygens (including phenoxy) is 2. The molecule has 0 saturated carbocycles. The first-order chi connectivity index (χ1) is 15.2. The Bertz CT molecular complexity index is 937. The Morgan fingerprint density at radius 1 is 0.688 bits per heavy atom. The lowest BCUT2D eigenvalue weighted by atomic mass is 10.1. The van der Waals surface area contributed by atoms with E-state index in [0.717, 1.165) is 11.1 Å². The number of amides is 2. The number of hydrogen-bond donors (Lipinski definition) is 2. The maximum Gasteiger partial charge on any atom is 0.325 e. The van der Waals surface area contributed by atoms with Gasteiger partial charge in [-0.3, -0.25) is 24.0 Å². The average Bonchev–Trinajstić information content (AvgIpc) is 2.78. The zero-order chi connectivity index (χ0) is 23.5. The molecule has 2 N–H and O–H groups in total. The van der Waals surface area contributed by atoms with Gasteiger partial charge in [0.1, 0.15) is 13.1 Å². The van der Waals surface area contributed by atoms with Crippen molar-refractivity contribution >= 4 is 29.5 Å². The van der Waals surface area contributed by atoms with Gasteiger partial charge in [-0.25, -0.2) is 0 Å². The topological polar surface area (TPSA) is 128 Å². The number of ketones is 1. The lowest BCUT2D eigenvalue weighted by Crippen LogP contribution is -2.33. The highest BCUT2D eigenvalue weighted by Gasteiger charge is 2.14. The fraction of sp³-hybridized carbons (Fsp3) is 0.261. The average molecular weight is 440 g/mol. The quantitative estimate of drug-likeness (QED) is 0.530. The summed E-state index contributed by atoms with van der Waals surface area (Å²) in [5.74, 6) is -3.16. The minimum Gasteiger partial charge on any atom is -0.456 e. The molecule has 0 atom stereocenters. The van der Waals surface area contributed by atoms with Crippen LogP contribution in [-0.2, 0) is 23.9 Å². The Morgan fingerprint density at radius 3 is 1.47 bits per heavy atom. The first-order valence-electron chi connectivity index (χ1n) is 9.77. The smallest absolute Gasteiger partial charge is 0.325 e. The van der Waals surface area contributed by atoms with Crippen LogP contribution in [0.25, 0.3) is 0 Å². The molecule has 0 saturated heterocycles. The van der Waals surface area contributed by atoms with Crippen LogP contribution in [0.2, 0.25) is 0 Å². The number of hydrogen-bond acceptors (Lipinski definition) is 7. The first-order valence-corrected chi connectivity index (χ1v) is 9.77. The molecule has 0 fully saturated rings. The summed E-state index contributed by atoms with van der Waals surface area (Å²) >= 11 is 0. The third kappa shape index (κ3) is 8.39. The van der Waals surface area contributed by atoms with E-state index in [1.807, 2.05) is 26.0 Å². The van der Waals surface area contributed by atoms with Crippen molar-refractivity contribution in [2.45, 2.75) is 13.8 Å². The van der Waals surface area contributed by atoms with Gasteiger partial charge in [-0.1, -0.05) is 35.4 Å². The molecule has 0 aliphatic heterocycles. The van der Waals surface area contributed by atoms with Crippen molar-refractivity contribution < 1.29 is 33.4 Å². The van der Waals surface area contributed by atoms with Crippen LogP contribution in [0.5, 0.6) is 0 Å². The largest absolute Gasteiger partial charge is 0.456 e. The van der Waals surface area contributed by atoms with Crippen LogP contribution >= 0.6 is 0 Å². The van der Waals surface area contributed by atoms with E-state index in [1.165, 1.54) is 0 Å². The van der Waals surface area contributed by atoms with E-state index in [2.05, 4.69) is 10.6 Å². The third-order valence-electron chi connectivity index (χ3n) is 4.14. The molecule has 9 nitrogen and oxygen atoms in total. The van der Waals surface area contributed by atoms with E-state index in [9.17, 15) is 24.0 Å². The van der Waals surface area contributed by atoms with Crippen LogP contribution in [0, 0.1) is 13.8 Å². The fourth-order valence-electron chi connectivity index (χ4n) is 2.55. The minimum atomic E-state index is -0.809. The Labute approximate surface area is 185 Å². The SMILES string of the molecule is Cc1cccc(C(=O)NCC(=O)OCC(=O)COC(=O)CNC(=O)c2cccc(C)c2)c1. The summed E-state index contributed by atoms with van der Waals surface area (Å²) in [5.41, 5.74) is 2.59. The number of esters is 2. The van der Waals surface area contributed by atoms with E-state index in [-0.39, 0.29) is 0 Å². The highest BCUT2D eigenvalue weighted by Crippen LogP contribution is 2.04. The second kappa shape index (κ2) is 12.0. The van der Waals surface area contributed by atoms with E-state index in [1.54, 1.807) is 36.4 Å². The lowest BCUT2D eigenvalue weighted by Gasteiger charge is -2.08. The Hall–Kier alpha value is -4.01. The van der Waals surface area contributed by atoms with Gasteiger partial charge in [-0.2, -0.15) is 0 Å². The van der Waals surface area contributed by atoms with Crippen LogP contribution in [0.15, 0.2) is 48.5 Å². The number of aryl methyl sites for hydroxylation is 2. The van der Waals surface area contributed by atoms with Crippen LogP contribution in [-0.4, -0.2) is 55.8 Å². The molecule has 168 valence electrons. The van der Waals surface area contributed by atoms with E-state index in [4.69, 9.17) is 9.47 Å². The van der Waals surface area contributed by atoms with Crippen molar-refractivity contribution in [2.24, 2.45) is 0 Å². The van der Waals surface area contributed by atoms with Crippen LogP contribution in [0.4, 0.5) is 0 Å². The van der Waals surface area contributed by atoms with Gasteiger partial charge in [0.2, 0.25) is 5.78 Å². The summed E-state index contributed by atoms with van der Waals surface area (Å²) in [4.78, 5) is 59.0. The van der Waals surface area contributed by atoms with Crippen molar-refractivity contribution in [2.75, 3.05) is 26.3 Å². The summed E-state index contributed by atoms with van der Waals surface area (Å²) in [7, 11) is 0. The number of rotatable bonds is 10. The minimum absolute atomic E-state index is 0.398. The number of nitrogens with one attached hydrogen (secondary N) is 2. The molecule has 0 unspecified atom stereocenters. The molecule has 0 spiro atoms. The van der Waals surface area contributed by atoms with Crippen molar-refractivity contribution in [3.63, 3.8) is 0 Å². The van der Waals surface area contributed by atoms with Gasteiger partial charge in [-0.05, 0) is 38.1 Å². The molecule has 2 aromatic rings. The standard InChI is InChI=1S/C23H24N2O7/c1-15-5-3-7-17(9-15)22(29)24-11-20(27)31-13-19(26)14-32-21(28)12-25-23(30)18-8-4-6-16(2)10-18/h3-10H,11-14H2,1-2H3,(H,24,29)(H,25,30). The lowest BCUT2D eigenvalue weighted by molar-refractivity contribution is -0.152. The van der Waals surface area contributed by atoms with E-state index < -0.39 is 55.8 Å². The van der Waals surface area contributed by atoms with Crippen LogP contribution < -0.4 is 10.6 Å². The van der Waals surface area contributed by atoms with E-state index >= 15 is 0 Å². The second-order valence-electron chi connectivity index (χ2n) is 6.96. The van der Waals surface area contributed by atoms with Gasteiger partial charge >= 0.3 is 11.9 Å². The molecule has 2 rings (SSSR count). The van der Waals surface area contributed by atoms with Gasteiger partial charge in [-0.15, -0.1) is 0 Å². The predicted octanol–water partition coefficient (Wildman–Crippen LogP) is 1.12. The molecular weight excluding hydrogens is 416 g/mol. The molecule has 2 aromatic carbocycles. The number of carbonyl (C=O) groups excluding carboxylic acids is 5. The highest BCUT2D eigenvalue weighted by atomic mass is 16.6. The fourth-order valence-corrected chi connectivity index (χ4v) is 2.55. The molecule has 0 radical (unpaired) electrons. The van der Waals surface area contributed by atoms with Crippen molar-refractivity contribution in [1.82, 2.24) is 10.6 Å². The third-order valence-corrected chi connectivity index (χ3v) is 4.14. The summed E-state index contributed by atoms with van der Waals surface area (Å²) in [6.07, 6.45) is 0. The number of carbonyl (C=O) groups is 5. The monoisotopic (exact) mass is 440 g/mol. The first kappa shape index (κ1) is 24.3. The van der Waals surface area contributed by atoms with Gasteiger partial charge in [0.15, 0.2) is 13.2 Å². The molecule has 2 amide bonds. The zero-order valence-electron chi connectivity index (χ0n) is 17.8. The summed E-state index contributed by atoms with van der Waals surface area (Å²) < 4.78 is 9.50. The summed E-state index contributed by atoms with van der Waals surface area (Å²) in [6.45, 7) is 1.63. The van der Waals surface area contributed by atoms with Gasteiger partial charge in [0, 0.05) is 11.1 Å². The molecular formula is C23H24N2O7. The summed E-state index contributed by atoms with van der Waals surface area (Å²) in [6, 6.07) is 13.7. The zero-order valence-corrected chi connectivity index (χ0v) is 17.8. The predicted molar refractivity (Wildman–Crippen MR) is 114 cm³/mol. The van der Waals surface area contributed by atoms with Crippen molar-refractivity contribution in [3.8, 4) is 0 Å². The molecule has 0 aromatic heterocycles. The van der Waals surface area contributed by atoms with E-state index in [0.29, 0.717) is 11.1 Å². The van der Waals surface area contributed by atoms with Crippen molar-refractivity contribution in [3.05, 3.63) is 70.8 Å². The van der Waals surface area contributed by atoms with Gasteiger partial charge in [0.05, 0.1) is 0 Å². The van der Waals surface area contributed by atoms with Crippen LogP contribution in [0.3, 0.4) is 0 Å². The van der Waals surface area contributed by atoms with Crippen molar-refractivity contribution in [1.29, 1.82) is 0 Å². The molecule has 32 heavy (non-hydrogen) atoms. The maximum atomic E-state index is 12.0. The maximum absolute atomic E-state index is 12.0. The second-order valence-corrected chi connectivity index (χ2v) is 6.96. The van der Waals surface area contributed by atoms with Gasteiger partial charge in [0.25, 0.3) is 11.8 Å². The number of benzene rings is 2. The van der Waals surface area contributed by atoms with Gasteiger partial charge < -0.3 is 20.1 Å². The molecule has 0 aliphatic carbocycles. The normalized spacial score (nSPS) is 10.1. The Morgan fingerprint density at radius 2 is 1.09 bits per heavy atom. The molecule has 0 heterocycles. The number of Topliss-reactive ketones (excluding diaryl/α,β-unsaturated/α-hetero) is 1. The molecule has 9 heteroatoms. The Balaban J connectivity index is 1.62. The summed E-state index contributed by atoms with van der Waals surface area (Å²) in [5, 5.41) is 4.79. The molecule has 0 bridgehead atoms. The van der Waals surface area contributed by atoms with Crippen LogP contribution in [0.1, 0.15) is 31.8 Å². The molecule has 0 aliphatic rings. The Kier molecular flexibility index (Phi) is 9.09.